The number of phenolic OH excluding ortho intramolecular Hbond substituents is 1. The number of halogens is 2. The van der Waals surface area contributed by atoms with Crippen LogP contribution in [0.3, 0.4) is 0 Å². The van der Waals surface area contributed by atoms with Crippen molar-refractivity contribution in [2.75, 3.05) is 7.05 Å². The lowest BCUT2D eigenvalue weighted by atomic mass is 9.94. The minimum Gasteiger partial charge on any atom is -0.508 e. The van der Waals surface area contributed by atoms with Crippen molar-refractivity contribution in [3.63, 3.8) is 0 Å². The van der Waals surface area contributed by atoms with Crippen LogP contribution < -0.4 is 10.5 Å². The average Bonchev–Trinajstić information content (AvgIpc) is 3.58. The van der Waals surface area contributed by atoms with Gasteiger partial charge in [0, 0.05) is 30.7 Å². The summed E-state index contributed by atoms with van der Waals surface area (Å²) < 4.78 is 67.4. The van der Waals surface area contributed by atoms with Crippen LogP contribution in [0.15, 0.2) is 65.6 Å². The molecule has 2 bridgehead atoms. The van der Waals surface area contributed by atoms with Crippen LogP contribution in [0.1, 0.15) is 56.9 Å². The number of benzene rings is 3. The van der Waals surface area contributed by atoms with E-state index in [-0.39, 0.29) is 34.9 Å². The van der Waals surface area contributed by atoms with E-state index in [1.54, 1.807) is 18.2 Å². The lowest BCUT2D eigenvalue weighted by Crippen LogP contribution is -2.61. The van der Waals surface area contributed by atoms with E-state index in [0.717, 1.165) is 62.4 Å². The van der Waals surface area contributed by atoms with Gasteiger partial charge in [-0.25, -0.2) is 8.42 Å². The second-order valence-corrected chi connectivity index (χ2v) is 14.1. The molecule has 43 heavy (non-hydrogen) atoms. The molecular weight excluding hydrogens is 576 g/mol. The van der Waals surface area contributed by atoms with Crippen molar-refractivity contribution in [3.05, 3.63) is 66.2 Å². The molecule has 0 spiro atoms. The van der Waals surface area contributed by atoms with Gasteiger partial charge in [0.15, 0.2) is 6.04 Å². The third kappa shape index (κ3) is 5.58. The number of fused-ring (bicyclic) bond motifs is 3. The molecule has 0 aromatic heterocycles. The van der Waals surface area contributed by atoms with Crippen LogP contribution >= 0.6 is 0 Å². The number of amides is 1. The number of carbonyl (C=O) groups excluding carboxylic acids is 1. The number of phenols is 1. The monoisotopic (exact) mass is 613 g/mol. The SMILES string of the molecule is CN(C(C(=O)N1C2CCC1CC(N)C2)C(F)(F)c1ccc(O)cc1)S(=O)(=O)c1ccc2cc(OC3CCCC3)ccc2c1. The van der Waals surface area contributed by atoms with Gasteiger partial charge in [0.25, 0.3) is 5.92 Å². The summed E-state index contributed by atoms with van der Waals surface area (Å²) in [7, 11) is -3.53. The van der Waals surface area contributed by atoms with Crippen LogP contribution in [0.2, 0.25) is 0 Å². The first-order valence-electron chi connectivity index (χ1n) is 14.9. The minimum atomic E-state index is -4.57. The van der Waals surface area contributed by atoms with Gasteiger partial charge in [-0.2, -0.15) is 13.1 Å². The zero-order chi connectivity index (χ0) is 30.5. The Morgan fingerprint density at radius 3 is 2.23 bits per heavy atom. The van der Waals surface area contributed by atoms with Crippen molar-refractivity contribution < 1.29 is 31.8 Å². The molecule has 3 N–H and O–H groups in total. The van der Waals surface area contributed by atoms with Gasteiger partial charge in [0.05, 0.1) is 11.0 Å². The van der Waals surface area contributed by atoms with E-state index in [1.807, 2.05) is 6.07 Å². The summed E-state index contributed by atoms with van der Waals surface area (Å²) in [5.41, 5.74) is 5.59. The van der Waals surface area contributed by atoms with Gasteiger partial charge in [-0.05, 0) is 111 Å². The van der Waals surface area contributed by atoms with Crippen molar-refractivity contribution in [2.24, 2.45) is 5.73 Å². The Kier molecular flexibility index (Phi) is 7.85. The Balaban J connectivity index is 1.35. The number of hydrogen-bond acceptors (Lipinski definition) is 6. The molecule has 3 unspecified atom stereocenters. The Bertz CT molecular complexity index is 1600. The van der Waals surface area contributed by atoms with Gasteiger partial charge in [-0.1, -0.05) is 12.1 Å². The molecule has 1 amide bonds. The summed E-state index contributed by atoms with van der Waals surface area (Å²) in [5, 5.41) is 11.0. The van der Waals surface area contributed by atoms with Crippen molar-refractivity contribution in [2.45, 2.75) is 92.5 Å². The molecule has 1 saturated carbocycles. The number of hydrogen-bond donors (Lipinski definition) is 2. The highest BCUT2D eigenvalue weighted by molar-refractivity contribution is 7.89. The molecule has 1 aliphatic carbocycles. The van der Waals surface area contributed by atoms with E-state index < -0.39 is 33.5 Å². The summed E-state index contributed by atoms with van der Waals surface area (Å²) >= 11 is 0. The Morgan fingerprint density at radius 1 is 0.977 bits per heavy atom. The topological polar surface area (TPSA) is 113 Å². The van der Waals surface area contributed by atoms with Crippen LogP contribution in [0.4, 0.5) is 8.78 Å². The third-order valence-corrected chi connectivity index (χ3v) is 11.1. The van der Waals surface area contributed by atoms with Crippen molar-refractivity contribution >= 4 is 26.7 Å². The van der Waals surface area contributed by atoms with Crippen molar-refractivity contribution in [1.82, 2.24) is 9.21 Å². The van der Waals surface area contributed by atoms with Crippen LogP contribution in [0.5, 0.6) is 11.5 Å². The maximum Gasteiger partial charge on any atom is 0.298 e. The Hall–Kier alpha value is -3.28. The molecule has 8 nitrogen and oxygen atoms in total. The summed E-state index contributed by atoms with van der Waals surface area (Å²) in [5.74, 6) is -4.38. The maximum absolute atomic E-state index is 16.4. The van der Waals surface area contributed by atoms with Gasteiger partial charge in [-0.15, -0.1) is 0 Å². The molecule has 2 heterocycles. The number of rotatable bonds is 8. The normalized spacial score (nSPS) is 23.7. The fourth-order valence-electron chi connectivity index (χ4n) is 7.04. The number of sulfonamides is 1. The van der Waals surface area contributed by atoms with E-state index in [2.05, 4.69) is 0 Å². The smallest absolute Gasteiger partial charge is 0.298 e. The fraction of sp³-hybridized carbons (Fsp3) is 0.469. The number of alkyl halides is 2. The lowest BCUT2D eigenvalue weighted by Gasteiger charge is -2.42. The largest absolute Gasteiger partial charge is 0.508 e. The minimum absolute atomic E-state index is 0.138. The lowest BCUT2D eigenvalue weighted by molar-refractivity contribution is -0.154. The predicted molar refractivity (Wildman–Crippen MR) is 158 cm³/mol. The number of aromatic hydroxyl groups is 1. The van der Waals surface area contributed by atoms with E-state index in [9.17, 15) is 18.3 Å². The maximum atomic E-state index is 16.4. The fourth-order valence-corrected chi connectivity index (χ4v) is 8.39. The highest BCUT2D eigenvalue weighted by Crippen LogP contribution is 2.42. The van der Waals surface area contributed by atoms with Crippen molar-refractivity contribution in [3.8, 4) is 11.5 Å². The number of nitrogens with two attached hydrogens (primary N) is 1. The van der Waals surface area contributed by atoms with Gasteiger partial charge in [0.1, 0.15) is 11.5 Å². The van der Waals surface area contributed by atoms with Gasteiger partial charge < -0.3 is 20.5 Å². The van der Waals surface area contributed by atoms with Crippen LogP contribution in [0, 0.1) is 0 Å². The zero-order valence-electron chi connectivity index (χ0n) is 24.0. The quantitative estimate of drug-likeness (QED) is 0.364. The molecule has 230 valence electrons. The molecular formula is C32H37F2N3O5S. The number of ether oxygens (including phenoxy) is 1. The molecule has 2 aliphatic heterocycles. The third-order valence-electron chi connectivity index (χ3n) is 9.28. The van der Waals surface area contributed by atoms with E-state index >= 15 is 8.78 Å². The highest BCUT2D eigenvalue weighted by Gasteiger charge is 2.56. The number of likely N-dealkylation sites (N-methyl/N-ethyl adjacent to an activating group) is 1. The summed E-state index contributed by atoms with van der Waals surface area (Å²) in [6, 6.07) is 10.9. The first-order chi connectivity index (χ1) is 20.4. The van der Waals surface area contributed by atoms with Crippen molar-refractivity contribution in [1.29, 1.82) is 0 Å². The summed E-state index contributed by atoms with van der Waals surface area (Å²) in [6.07, 6.45) is 6.67. The van der Waals surface area contributed by atoms with E-state index in [4.69, 9.17) is 10.5 Å². The molecule has 3 aromatic carbocycles. The molecule has 2 saturated heterocycles. The standard InChI is InChI=1S/C32H37F2N3O5S/c1-36(43(40,41)29-15-7-20-16-28(14-6-21(20)17-29)42-27-4-2-3-5-27)30(32(33,34)22-8-12-26(38)13-9-22)31(39)37-24-10-11-25(37)19-23(35)18-24/h6-9,12-17,23-25,27,30,38H,2-5,10-11,18-19,35H2,1H3. The highest BCUT2D eigenvalue weighted by atomic mass is 32.2. The predicted octanol–water partition coefficient (Wildman–Crippen LogP) is 5.13. The van der Waals surface area contributed by atoms with Gasteiger partial charge >= 0.3 is 0 Å². The zero-order valence-corrected chi connectivity index (χ0v) is 24.8. The first-order valence-corrected chi connectivity index (χ1v) is 16.3. The van der Waals surface area contributed by atoms with Crippen LogP contribution in [-0.2, 0) is 20.7 Å². The summed E-state index contributed by atoms with van der Waals surface area (Å²) in [6.45, 7) is 0. The number of nitrogens with zero attached hydrogens (tertiary/aromatic N) is 2. The summed E-state index contributed by atoms with van der Waals surface area (Å²) in [4.78, 5) is 15.3. The molecule has 3 aliphatic rings. The molecule has 0 radical (unpaired) electrons. The molecule has 11 heteroatoms. The Labute approximate surface area is 250 Å². The average molecular weight is 614 g/mol. The Morgan fingerprint density at radius 2 is 1.58 bits per heavy atom. The van der Waals surface area contributed by atoms with E-state index in [0.29, 0.717) is 41.1 Å². The van der Waals surface area contributed by atoms with Crippen LogP contribution in [-0.4, -0.2) is 66.0 Å². The number of piperidine rings is 1. The second kappa shape index (κ2) is 11.3. The molecule has 3 fully saturated rings. The van der Waals surface area contributed by atoms with Crippen LogP contribution in [0.25, 0.3) is 10.8 Å². The second-order valence-electron chi connectivity index (χ2n) is 12.2. The van der Waals surface area contributed by atoms with Gasteiger partial charge in [-0.3, -0.25) is 4.79 Å². The molecule has 3 aromatic rings. The molecule has 3 atom stereocenters. The van der Waals surface area contributed by atoms with E-state index in [1.165, 1.54) is 17.0 Å². The molecule has 6 rings (SSSR count). The first kappa shape index (κ1) is 29.8. The van der Waals surface area contributed by atoms with Gasteiger partial charge in [0.2, 0.25) is 15.9 Å². The number of carbonyl (C=O) groups is 1.